The Balaban J connectivity index is 1.25. The fourth-order valence-electron chi connectivity index (χ4n) is 9.05. The molecular weight excluding hydrogens is 424 g/mol. The molecule has 190 valence electrons. The predicted octanol–water partition coefficient (Wildman–Crippen LogP) is 2.23. The van der Waals surface area contributed by atoms with E-state index in [4.69, 9.17) is 14.2 Å². The molecule has 7 nitrogen and oxygen atoms in total. The first-order valence-electron chi connectivity index (χ1n) is 13.2. The lowest BCUT2D eigenvalue weighted by molar-refractivity contribution is -0.316. The van der Waals surface area contributed by atoms with Gasteiger partial charge in [0.05, 0.1) is 18.8 Å². The molecule has 5 fully saturated rings. The summed E-state index contributed by atoms with van der Waals surface area (Å²) in [6.45, 7) is 4.57. The summed E-state index contributed by atoms with van der Waals surface area (Å²) >= 11 is 0. The average Bonchev–Trinajstić information content (AvgIpc) is 3.16. The Kier molecular flexibility index (Phi) is 6.65. The minimum absolute atomic E-state index is 0.0423. The van der Waals surface area contributed by atoms with Gasteiger partial charge < -0.3 is 34.6 Å². The van der Waals surface area contributed by atoms with E-state index in [9.17, 15) is 20.4 Å². The van der Waals surface area contributed by atoms with Crippen LogP contribution in [0.25, 0.3) is 0 Å². The molecule has 0 unspecified atom stereocenters. The summed E-state index contributed by atoms with van der Waals surface area (Å²) in [5.41, 5.74) is 0.660. The minimum Gasteiger partial charge on any atom is -0.394 e. The predicted molar refractivity (Wildman–Crippen MR) is 121 cm³/mol. The maximum Gasteiger partial charge on any atom is 0.186 e. The Morgan fingerprint density at radius 1 is 0.848 bits per heavy atom. The summed E-state index contributed by atoms with van der Waals surface area (Å²) in [4.78, 5) is 0. The van der Waals surface area contributed by atoms with Gasteiger partial charge in [0, 0.05) is 7.11 Å². The van der Waals surface area contributed by atoms with Crippen molar-refractivity contribution in [3.05, 3.63) is 0 Å². The molecule has 0 bridgehead atoms. The molecule has 0 radical (unpaired) electrons. The van der Waals surface area contributed by atoms with Crippen molar-refractivity contribution in [1.29, 1.82) is 0 Å². The molecule has 5 rings (SSSR count). The van der Waals surface area contributed by atoms with E-state index in [0.29, 0.717) is 22.9 Å². The molecule has 0 aromatic heterocycles. The highest BCUT2D eigenvalue weighted by molar-refractivity contribution is 5.10. The number of ether oxygens (including phenoxy) is 3. The van der Waals surface area contributed by atoms with Crippen LogP contribution in [0.2, 0.25) is 0 Å². The molecule has 4 N–H and O–H groups in total. The minimum atomic E-state index is -1.39. The van der Waals surface area contributed by atoms with Crippen LogP contribution in [0.15, 0.2) is 0 Å². The lowest BCUT2D eigenvalue weighted by Gasteiger charge is -2.61. The zero-order valence-corrected chi connectivity index (χ0v) is 20.4. The Morgan fingerprint density at radius 3 is 2.30 bits per heavy atom. The Labute approximate surface area is 197 Å². The second kappa shape index (κ2) is 8.99. The topological polar surface area (TPSA) is 109 Å². The van der Waals surface area contributed by atoms with Gasteiger partial charge >= 0.3 is 0 Å². The first-order valence-corrected chi connectivity index (χ1v) is 13.2. The van der Waals surface area contributed by atoms with Crippen molar-refractivity contribution in [1.82, 2.24) is 0 Å². The molecule has 1 saturated heterocycles. The molecule has 13 atom stereocenters. The van der Waals surface area contributed by atoms with Crippen LogP contribution in [0.1, 0.15) is 71.6 Å². The molecule has 5 aliphatic rings. The summed E-state index contributed by atoms with van der Waals surface area (Å²) in [6, 6.07) is 0. The number of aliphatic hydroxyl groups is 4. The van der Waals surface area contributed by atoms with E-state index < -0.39 is 37.3 Å². The molecule has 4 aliphatic carbocycles. The van der Waals surface area contributed by atoms with E-state index in [0.717, 1.165) is 37.0 Å². The summed E-state index contributed by atoms with van der Waals surface area (Å²) in [5.74, 6) is 2.93. The number of fused-ring (bicyclic) bond motifs is 5. The highest BCUT2D eigenvalue weighted by Crippen LogP contribution is 2.66. The van der Waals surface area contributed by atoms with E-state index in [1.54, 1.807) is 0 Å². The summed E-state index contributed by atoms with van der Waals surface area (Å²) < 4.78 is 17.7. The number of methoxy groups -OCH3 is 1. The van der Waals surface area contributed by atoms with Gasteiger partial charge in [-0.1, -0.05) is 13.8 Å². The molecule has 1 aliphatic heterocycles. The van der Waals surface area contributed by atoms with Gasteiger partial charge in [0.25, 0.3) is 0 Å². The Morgan fingerprint density at radius 2 is 1.58 bits per heavy atom. The van der Waals surface area contributed by atoms with Crippen LogP contribution in [0, 0.1) is 34.5 Å². The monoisotopic (exact) mass is 468 g/mol. The lowest BCUT2D eigenvalue weighted by Crippen LogP contribution is -2.60. The molecule has 33 heavy (non-hydrogen) atoms. The molecule has 0 aromatic carbocycles. The van der Waals surface area contributed by atoms with Crippen molar-refractivity contribution in [2.75, 3.05) is 13.7 Å². The van der Waals surface area contributed by atoms with Gasteiger partial charge in [-0.25, -0.2) is 0 Å². The molecule has 0 spiro atoms. The van der Waals surface area contributed by atoms with Crippen LogP contribution in [0.3, 0.4) is 0 Å². The van der Waals surface area contributed by atoms with E-state index in [1.807, 2.05) is 7.11 Å². The van der Waals surface area contributed by atoms with Crippen molar-refractivity contribution >= 4 is 0 Å². The summed E-state index contributed by atoms with van der Waals surface area (Å²) in [7, 11) is 1.89. The number of aliphatic hydroxyl groups excluding tert-OH is 4. The zero-order valence-electron chi connectivity index (χ0n) is 20.4. The van der Waals surface area contributed by atoms with E-state index in [2.05, 4.69) is 13.8 Å². The third-order valence-corrected chi connectivity index (χ3v) is 11.0. The van der Waals surface area contributed by atoms with E-state index in [1.165, 1.54) is 38.5 Å². The van der Waals surface area contributed by atoms with Gasteiger partial charge in [0.15, 0.2) is 6.29 Å². The molecule has 7 heteroatoms. The number of hydrogen-bond acceptors (Lipinski definition) is 7. The maximum atomic E-state index is 10.4. The molecule has 0 aromatic rings. The highest BCUT2D eigenvalue weighted by Gasteiger charge is 2.60. The fourth-order valence-corrected chi connectivity index (χ4v) is 9.05. The molecule has 1 heterocycles. The van der Waals surface area contributed by atoms with Crippen molar-refractivity contribution in [3.63, 3.8) is 0 Å². The molecular formula is C26H44O7. The van der Waals surface area contributed by atoms with E-state index in [-0.39, 0.29) is 6.10 Å². The standard InChI is InChI=1S/C26H44O7/c1-25-10-8-15(32-24-23(30)22(29)21(28)19(13-27)33-24)12-14(25)4-5-16-17-6-7-20(31-3)26(17,2)11-9-18(16)25/h14-24,27-30H,4-13H2,1-3H3/t14-,15+,16-,17-,18-,19+,20-,21+,22-,23+,24+,25-,26-/m0/s1. The number of hydrogen-bond donors (Lipinski definition) is 4. The van der Waals surface area contributed by atoms with Crippen LogP contribution in [0.4, 0.5) is 0 Å². The van der Waals surface area contributed by atoms with Crippen LogP contribution in [-0.4, -0.2) is 77.1 Å². The quantitative estimate of drug-likeness (QED) is 0.469. The Bertz CT molecular complexity index is 702. The van der Waals surface area contributed by atoms with Crippen LogP contribution in [0.5, 0.6) is 0 Å². The fraction of sp³-hybridized carbons (Fsp3) is 1.00. The van der Waals surface area contributed by atoms with Crippen molar-refractivity contribution in [2.24, 2.45) is 34.5 Å². The number of rotatable bonds is 4. The second-order valence-corrected chi connectivity index (χ2v) is 12.2. The zero-order chi connectivity index (χ0) is 23.5. The van der Waals surface area contributed by atoms with Gasteiger partial charge in [0.2, 0.25) is 0 Å². The van der Waals surface area contributed by atoms with Crippen LogP contribution >= 0.6 is 0 Å². The Hall–Kier alpha value is -0.280. The SMILES string of the molecule is CO[C@H]1CC[C@H]2[C@@H]3CC[C@H]4C[C@H](O[C@@H]5O[C@H](CO)[C@@H](O)[C@H](O)[C@H]5O)CC[C@]4(C)[C@H]3CC[C@]12C. The van der Waals surface area contributed by atoms with E-state index >= 15 is 0 Å². The first-order chi connectivity index (χ1) is 15.7. The smallest absolute Gasteiger partial charge is 0.186 e. The lowest BCUT2D eigenvalue weighted by atomic mass is 9.45. The van der Waals surface area contributed by atoms with Crippen LogP contribution in [-0.2, 0) is 14.2 Å². The molecule has 4 saturated carbocycles. The van der Waals surface area contributed by atoms with Crippen molar-refractivity contribution in [2.45, 2.75) is 115 Å². The average molecular weight is 469 g/mol. The van der Waals surface area contributed by atoms with Crippen molar-refractivity contribution in [3.8, 4) is 0 Å². The maximum absolute atomic E-state index is 10.4. The summed E-state index contributed by atoms with van der Waals surface area (Å²) in [5, 5.41) is 40.0. The first kappa shape index (κ1) is 24.4. The van der Waals surface area contributed by atoms with Crippen molar-refractivity contribution < 1.29 is 34.6 Å². The second-order valence-electron chi connectivity index (χ2n) is 12.2. The third kappa shape index (κ3) is 3.81. The van der Waals surface area contributed by atoms with Crippen LogP contribution < -0.4 is 0 Å². The molecule has 0 amide bonds. The van der Waals surface area contributed by atoms with Gasteiger partial charge in [-0.05, 0) is 92.3 Å². The highest BCUT2D eigenvalue weighted by atomic mass is 16.7. The largest absolute Gasteiger partial charge is 0.394 e. The van der Waals surface area contributed by atoms with Gasteiger partial charge in [-0.3, -0.25) is 0 Å². The summed E-state index contributed by atoms with van der Waals surface area (Å²) in [6.07, 6.45) is 4.92. The third-order valence-electron chi connectivity index (χ3n) is 11.0. The van der Waals surface area contributed by atoms with Gasteiger partial charge in [0.1, 0.15) is 24.4 Å². The van der Waals surface area contributed by atoms with Gasteiger partial charge in [-0.2, -0.15) is 0 Å². The normalized spacial score (nSPS) is 56.6. The van der Waals surface area contributed by atoms with Gasteiger partial charge in [-0.15, -0.1) is 0 Å².